The summed E-state index contributed by atoms with van der Waals surface area (Å²) in [6.45, 7) is 4.01. The van der Waals surface area contributed by atoms with Crippen LogP contribution in [0, 0.1) is 6.92 Å². The molecule has 140 valence electrons. The van der Waals surface area contributed by atoms with E-state index in [9.17, 15) is 4.79 Å². The number of fused-ring (bicyclic) bond motifs is 1. The van der Waals surface area contributed by atoms with Gasteiger partial charge in [0.2, 0.25) is 5.91 Å². The Labute approximate surface area is 153 Å². The summed E-state index contributed by atoms with van der Waals surface area (Å²) < 4.78 is 7.31. The molecule has 1 unspecified atom stereocenters. The quantitative estimate of drug-likeness (QED) is 0.763. The summed E-state index contributed by atoms with van der Waals surface area (Å²) in [4.78, 5) is 21.1. The van der Waals surface area contributed by atoms with E-state index in [-0.39, 0.29) is 11.9 Å². The predicted octanol–water partition coefficient (Wildman–Crippen LogP) is 0.895. The lowest BCUT2D eigenvalue weighted by molar-refractivity contribution is -0.136. The van der Waals surface area contributed by atoms with Gasteiger partial charge >= 0.3 is 0 Å². The highest BCUT2D eigenvalue weighted by Gasteiger charge is 2.31. The van der Waals surface area contributed by atoms with Crippen LogP contribution in [-0.2, 0) is 24.3 Å². The van der Waals surface area contributed by atoms with Gasteiger partial charge in [-0.2, -0.15) is 0 Å². The van der Waals surface area contributed by atoms with E-state index >= 15 is 0 Å². The molecule has 1 aliphatic rings. The molecule has 26 heavy (non-hydrogen) atoms. The highest BCUT2D eigenvalue weighted by Crippen LogP contribution is 2.20. The smallest absolute Gasteiger partial charge is 0.223 e. The second-order valence-corrected chi connectivity index (χ2v) is 6.94. The Hall–Kier alpha value is -2.48. The van der Waals surface area contributed by atoms with Crippen molar-refractivity contribution in [1.29, 1.82) is 0 Å². The molecule has 1 aliphatic heterocycles. The molecule has 2 aromatic heterocycles. The van der Waals surface area contributed by atoms with Crippen LogP contribution in [0.1, 0.15) is 23.6 Å². The van der Waals surface area contributed by atoms with E-state index in [0.29, 0.717) is 25.1 Å². The van der Waals surface area contributed by atoms with Gasteiger partial charge in [-0.05, 0) is 39.1 Å². The molecular weight excluding hydrogens is 332 g/mol. The number of methoxy groups -OCH3 is 1. The van der Waals surface area contributed by atoms with E-state index in [1.54, 1.807) is 19.5 Å². The number of ether oxygens (including phenoxy) is 1. The van der Waals surface area contributed by atoms with Gasteiger partial charge in [-0.15, -0.1) is 10.2 Å². The number of hydrogen-bond acceptors (Lipinski definition) is 6. The number of rotatable bonds is 6. The summed E-state index contributed by atoms with van der Waals surface area (Å²) in [5, 5.41) is 8.38. The van der Waals surface area contributed by atoms with Crippen molar-refractivity contribution in [2.45, 2.75) is 38.9 Å². The highest BCUT2D eigenvalue weighted by atomic mass is 16.5. The van der Waals surface area contributed by atoms with Crippen molar-refractivity contribution in [1.82, 2.24) is 29.5 Å². The van der Waals surface area contributed by atoms with Crippen LogP contribution in [0.3, 0.4) is 0 Å². The molecule has 0 radical (unpaired) electrons. The lowest BCUT2D eigenvalue weighted by atomic mass is 10.1. The number of nitrogens with zero attached hydrogens (tertiary/aromatic N) is 6. The Kier molecular flexibility index (Phi) is 5.51. The molecule has 0 fully saturated rings. The Bertz CT molecular complexity index is 773. The number of likely N-dealkylation sites (N-methyl/N-ethyl adjacent to an activating group) is 1. The first kappa shape index (κ1) is 18.3. The van der Waals surface area contributed by atoms with E-state index in [0.717, 1.165) is 30.3 Å². The minimum absolute atomic E-state index is 0.114. The number of amides is 1. The van der Waals surface area contributed by atoms with Crippen molar-refractivity contribution in [3.8, 4) is 5.75 Å². The van der Waals surface area contributed by atoms with Crippen LogP contribution in [0.15, 0.2) is 18.5 Å². The highest BCUT2D eigenvalue weighted by molar-refractivity contribution is 5.77. The van der Waals surface area contributed by atoms with Gasteiger partial charge in [-0.3, -0.25) is 9.78 Å². The van der Waals surface area contributed by atoms with Crippen LogP contribution in [0.5, 0.6) is 5.75 Å². The van der Waals surface area contributed by atoms with Crippen molar-refractivity contribution in [3.05, 3.63) is 35.7 Å². The largest absolute Gasteiger partial charge is 0.495 e. The van der Waals surface area contributed by atoms with Crippen molar-refractivity contribution < 1.29 is 9.53 Å². The van der Waals surface area contributed by atoms with Gasteiger partial charge in [0.25, 0.3) is 0 Å². The van der Waals surface area contributed by atoms with E-state index in [4.69, 9.17) is 4.74 Å². The summed E-state index contributed by atoms with van der Waals surface area (Å²) in [5.74, 6) is 2.60. The molecule has 0 aromatic carbocycles. The van der Waals surface area contributed by atoms with Crippen LogP contribution in [0.2, 0.25) is 0 Å². The maximum atomic E-state index is 12.9. The van der Waals surface area contributed by atoms with Crippen molar-refractivity contribution in [2.75, 3.05) is 27.7 Å². The van der Waals surface area contributed by atoms with Crippen molar-refractivity contribution >= 4 is 5.91 Å². The molecular formula is C18H26N6O2. The first-order valence-corrected chi connectivity index (χ1v) is 8.78. The normalized spacial score (nSPS) is 16.7. The van der Waals surface area contributed by atoms with Gasteiger partial charge in [0.15, 0.2) is 5.82 Å². The SMILES string of the molecule is COc1cncc(CCC(=O)N2Cc3nnc(C)n3CC2CN(C)C)c1. The van der Waals surface area contributed by atoms with Gasteiger partial charge in [0, 0.05) is 25.7 Å². The minimum atomic E-state index is 0.114. The number of aryl methyl sites for hydroxylation is 2. The number of carbonyl (C=O) groups excluding carboxylic acids is 1. The molecule has 0 bridgehead atoms. The van der Waals surface area contributed by atoms with Crippen LogP contribution >= 0.6 is 0 Å². The third kappa shape index (κ3) is 4.01. The molecule has 8 nitrogen and oxygen atoms in total. The lowest BCUT2D eigenvalue weighted by Gasteiger charge is -2.37. The maximum Gasteiger partial charge on any atom is 0.223 e. The molecule has 8 heteroatoms. The molecule has 1 amide bonds. The zero-order valence-electron chi connectivity index (χ0n) is 15.8. The van der Waals surface area contributed by atoms with E-state index in [1.165, 1.54) is 0 Å². The molecule has 0 saturated heterocycles. The van der Waals surface area contributed by atoms with Crippen LogP contribution < -0.4 is 4.74 Å². The van der Waals surface area contributed by atoms with Gasteiger partial charge in [0.05, 0.1) is 25.9 Å². The van der Waals surface area contributed by atoms with E-state index < -0.39 is 0 Å². The van der Waals surface area contributed by atoms with E-state index in [2.05, 4.69) is 24.6 Å². The Morgan fingerprint density at radius 1 is 1.35 bits per heavy atom. The Balaban J connectivity index is 1.71. The van der Waals surface area contributed by atoms with Gasteiger partial charge in [-0.25, -0.2) is 0 Å². The topological polar surface area (TPSA) is 76.4 Å². The Morgan fingerprint density at radius 3 is 2.88 bits per heavy atom. The third-order valence-electron chi connectivity index (χ3n) is 4.69. The molecule has 0 saturated carbocycles. The fourth-order valence-corrected chi connectivity index (χ4v) is 3.35. The van der Waals surface area contributed by atoms with Gasteiger partial charge < -0.3 is 19.1 Å². The monoisotopic (exact) mass is 358 g/mol. The summed E-state index contributed by atoms with van der Waals surface area (Å²) in [6, 6.07) is 2.04. The summed E-state index contributed by atoms with van der Waals surface area (Å²) in [7, 11) is 5.67. The summed E-state index contributed by atoms with van der Waals surface area (Å²) in [6.07, 6.45) is 4.52. The average Bonchev–Trinajstić information content (AvgIpc) is 2.99. The molecule has 2 aromatic rings. The van der Waals surface area contributed by atoms with Crippen LogP contribution in [0.4, 0.5) is 0 Å². The van der Waals surface area contributed by atoms with Crippen LogP contribution in [0.25, 0.3) is 0 Å². The van der Waals surface area contributed by atoms with Gasteiger partial charge in [0.1, 0.15) is 11.6 Å². The standard InChI is InChI=1S/C18H26N6O2/c1-13-20-21-17-12-24(15(10-22(2)3)11-23(13)17)18(25)6-5-14-7-16(26-4)9-19-8-14/h7-9,15H,5-6,10-12H2,1-4H3. The fourth-order valence-electron chi connectivity index (χ4n) is 3.35. The van der Waals surface area contributed by atoms with Gasteiger partial charge in [-0.1, -0.05) is 0 Å². The molecule has 0 N–H and O–H groups in total. The first-order valence-electron chi connectivity index (χ1n) is 8.78. The Morgan fingerprint density at radius 2 is 2.15 bits per heavy atom. The second kappa shape index (κ2) is 7.82. The zero-order chi connectivity index (χ0) is 18.7. The maximum absolute atomic E-state index is 12.9. The number of hydrogen-bond donors (Lipinski definition) is 0. The molecule has 0 aliphatic carbocycles. The molecule has 0 spiro atoms. The van der Waals surface area contributed by atoms with Crippen LogP contribution in [-0.4, -0.2) is 69.2 Å². The second-order valence-electron chi connectivity index (χ2n) is 6.94. The third-order valence-corrected chi connectivity index (χ3v) is 4.69. The van der Waals surface area contributed by atoms with Crippen molar-refractivity contribution in [2.24, 2.45) is 0 Å². The molecule has 3 rings (SSSR count). The van der Waals surface area contributed by atoms with Crippen molar-refractivity contribution in [3.63, 3.8) is 0 Å². The fraction of sp³-hybridized carbons (Fsp3) is 0.556. The number of pyridine rings is 1. The number of carbonyl (C=O) groups is 1. The average molecular weight is 358 g/mol. The number of aromatic nitrogens is 4. The predicted molar refractivity (Wildman–Crippen MR) is 96.8 cm³/mol. The minimum Gasteiger partial charge on any atom is -0.495 e. The first-order chi connectivity index (χ1) is 12.5. The lowest BCUT2D eigenvalue weighted by Crippen LogP contribution is -2.51. The molecule has 3 heterocycles. The zero-order valence-corrected chi connectivity index (χ0v) is 15.8. The summed E-state index contributed by atoms with van der Waals surface area (Å²) in [5.41, 5.74) is 0.998. The van der Waals surface area contributed by atoms with E-state index in [1.807, 2.05) is 32.0 Å². The summed E-state index contributed by atoms with van der Waals surface area (Å²) >= 11 is 0. The molecule has 1 atom stereocenters.